The third kappa shape index (κ3) is 3.57. The molecule has 0 aromatic rings. The van der Waals surface area contributed by atoms with Crippen LogP contribution in [0.25, 0.3) is 0 Å². The van der Waals surface area contributed by atoms with Crippen LogP contribution in [0.2, 0.25) is 0 Å². The fourth-order valence-electron chi connectivity index (χ4n) is 7.10. The smallest absolute Gasteiger partial charge is 0.0983 e. The molecule has 0 radical (unpaired) electrons. The molecule has 2 N–H and O–H groups in total. The highest BCUT2D eigenvalue weighted by Gasteiger charge is 2.56. The predicted molar refractivity (Wildman–Crippen MR) is 116 cm³/mol. The first kappa shape index (κ1) is 19.1. The Morgan fingerprint density at radius 1 is 0.731 bits per heavy atom. The lowest BCUT2D eigenvalue weighted by atomic mass is 9.85. The molecule has 1 heterocycles. The Bertz CT molecular complexity index is 476. The van der Waals surface area contributed by atoms with Crippen molar-refractivity contribution in [2.75, 3.05) is 19.8 Å². The summed E-state index contributed by atoms with van der Waals surface area (Å²) in [5.41, 5.74) is 4.96. The number of allylic oxidation sites excluding steroid dienone is 1. The van der Waals surface area contributed by atoms with Crippen LogP contribution in [0.4, 0.5) is 0 Å². The number of rotatable bonds is 3. The standard InChI is InChI=1S/C23H42N2P/c1-18-21(23-24-16-17-25-23)14-9-15-22(18)26(2,19-10-5-3-6-11-19)20-12-7-4-8-13-20/h18-20,22,24-25H,3-17H2,1-2H3/q+1. The zero-order valence-corrected chi connectivity index (χ0v) is 18.3. The van der Waals surface area contributed by atoms with Gasteiger partial charge in [-0.2, -0.15) is 0 Å². The van der Waals surface area contributed by atoms with Gasteiger partial charge in [0, 0.05) is 32.9 Å². The highest BCUT2D eigenvalue weighted by molar-refractivity contribution is 7.77. The highest BCUT2D eigenvalue weighted by Crippen LogP contribution is 2.75. The quantitative estimate of drug-likeness (QED) is 0.599. The summed E-state index contributed by atoms with van der Waals surface area (Å²) in [4.78, 5) is 0. The molecular formula is C23H42N2P+. The van der Waals surface area contributed by atoms with E-state index in [4.69, 9.17) is 0 Å². The normalized spacial score (nSPS) is 32.4. The van der Waals surface area contributed by atoms with Crippen molar-refractivity contribution in [1.82, 2.24) is 10.6 Å². The van der Waals surface area contributed by atoms with E-state index in [2.05, 4.69) is 24.2 Å². The third-order valence-corrected chi connectivity index (χ3v) is 14.9. The molecule has 2 nitrogen and oxygen atoms in total. The van der Waals surface area contributed by atoms with E-state index in [1.54, 1.807) is 31.3 Å². The van der Waals surface area contributed by atoms with Gasteiger partial charge in [-0.05, 0) is 76.2 Å². The fourth-order valence-corrected chi connectivity index (χ4v) is 13.6. The Morgan fingerprint density at radius 3 is 1.81 bits per heavy atom. The minimum absolute atomic E-state index is 0.805. The first-order chi connectivity index (χ1) is 12.7. The predicted octanol–water partition coefficient (Wildman–Crippen LogP) is 5.89. The summed E-state index contributed by atoms with van der Waals surface area (Å²) in [6.45, 7) is 7.72. The van der Waals surface area contributed by atoms with Gasteiger partial charge < -0.3 is 10.6 Å². The fraction of sp³-hybridized carbons (Fsp3) is 0.913. The van der Waals surface area contributed by atoms with Crippen molar-refractivity contribution >= 4 is 7.26 Å². The number of hydrogen-bond donors (Lipinski definition) is 2. The van der Waals surface area contributed by atoms with Gasteiger partial charge in [0.25, 0.3) is 0 Å². The van der Waals surface area contributed by atoms with E-state index >= 15 is 0 Å². The monoisotopic (exact) mass is 377 g/mol. The molecule has 0 aromatic carbocycles. The Labute approximate surface area is 162 Å². The molecule has 3 heteroatoms. The second-order valence-corrected chi connectivity index (χ2v) is 14.4. The minimum Gasteiger partial charge on any atom is -0.370 e. The molecule has 148 valence electrons. The van der Waals surface area contributed by atoms with Gasteiger partial charge in [-0.15, -0.1) is 0 Å². The molecule has 1 aliphatic heterocycles. The molecule has 0 amide bonds. The molecular weight excluding hydrogens is 335 g/mol. The van der Waals surface area contributed by atoms with Crippen molar-refractivity contribution in [3.63, 3.8) is 0 Å². The van der Waals surface area contributed by atoms with Crippen molar-refractivity contribution in [2.45, 2.75) is 107 Å². The molecule has 4 rings (SSSR count). The van der Waals surface area contributed by atoms with E-state index in [1.807, 2.05) is 0 Å². The molecule has 1 saturated heterocycles. The average molecular weight is 378 g/mol. The van der Waals surface area contributed by atoms with Crippen LogP contribution in [-0.2, 0) is 0 Å². The Hall–Kier alpha value is -0.230. The first-order valence-corrected chi connectivity index (χ1v) is 14.2. The molecule has 0 aromatic heterocycles. The second kappa shape index (κ2) is 8.42. The maximum Gasteiger partial charge on any atom is 0.0983 e. The van der Waals surface area contributed by atoms with Crippen molar-refractivity contribution < 1.29 is 0 Å². The van der Waals surface area contributed by atoms with E-state index in [0.29, 0.717) is 0 Å². The van der Waals surface area contributed by atoms with Crippen LogP contribution in [0.15, 0.2) is 11.4 Å². The molecule has 4 fully saturated rings. The summed E-state index contributed by atoms with van der Waals surface area (Å²) in [5, 5.41) is 7.34. The maximum absolute atomic E-state index is 3.67. The largest absolute Gasteiger partial charge is 0.370 e. The van der Waals surface area contributed by atoms with E-state index in [-0.39, 0.29) is 0 Å². The Kier molecular flexibility index (Phi) is 6.19. The lowest BCUT2D eigenvalue weighted by Gasteiger charge is -2.49. The molecule has 2 unspecified atom stereocenters. The van der Waals surface area contributed by atoms with Gasteiger partial charge >= 0.3 is 0 Å². The van der Waals surface area contributed by atoms with Crippen molar-refractivity contribution in [3.05, 3.63) is 11.4 Å². The second-order valence-electron chi connectivity index (χ2n) is 9.81. The first-order valence-electron chi connectivity index (χ1n) is 11.8. The minimum atomic E-state index is -0.919. The van der Waals surface area contributed by atoms with Gasteiger partial charge in [-0.3, -0.25) is 0 Å². The summed E-state index contributed by atoms with van der Waals surface area (Å²) in [6.07, 6.45) is 19.6. The van der Waals surface area contributed by atoms with Gasteiger partial charge in [0.05, 0.1) is 22.8 Å². The van der Waals surface area contributed by atoms with Gasteiger partial charge in [0.2, 0.25) is 0 Å². The van der Waals surface area contributed by atoms with Crippen LogP contribution < -0.4 is 10.6 Å². The van der Waals surface area contributed by atoms with Gasteiger partial charge in [-0.25, -0.2) is 0 Å². The van der Waals surface area contributed by atoms with Gasteiger partial charge in [0.15, 0.2) is 0 Å². The zero-order valence-electron chi connectivity index (χ0n) is 17.4. The summed E-state index contributed by atoms with van der Waals surface area (Å²) in [7, 11) is -0.919. The van der Waals surface area contributed by atoms with Crippen LogP contribution in [0.5, 0.6) is 0 Å². The molecule has 0 bridgehead atoms. The maximum atomic E-state index is 3.67. The van der Waals surface area contributed by atoms with Gasteiger partial charge in [0.1, 0.15) is 0 Å². The van der Waals surface area contributed by atoms with E-state index in [0.717, 1.165) is 36.0 Å². The Morgan fingerprint density at radius 2 is 1.27 bits per heavy atom. The molecule has 2 atom stereocenters. The van der Waals surface area contributed by atoms with Crippen LogP contribution in [-0.4, -0.2) is 36.7 Å². The van der Waals surface area contributed by atoms with E-state index < -0.39 is 7.26 Å². The third-order valence-electron chi connectivity index (χ3n) is 8.56. The molecule has 3 aliphatic carbocycles. The van der Waals surface area contributed by atoms with E-state index in [9.17, 15) is 0 Å². The van der Waals surface area contributed by atoms with Crippen LogP contribution in [0.3, 0.4) is 0 Å². The number of nitrogens with one attached hydrogen (secondary N) is 2. The van der Waals surface area contributed by atoms with E-state index in [1.165, 1.54) is 63.6 Å². The van der Waals surface area contributed by atoms with Crippen molar-refractivity contribution in [2.24, 2.45) is 5.92 Å². The summed E-state index contributed by atoms with van der Waals surface area (Å²) in [6, 6.07) is 0. The molecule has 3 saturated carbocycles. The zero-order chi connectivity index (χ0) is 18.0. The van der Waals surface area contributed by atoms with Gasteiger partial charge in [-0.1, -0.05) is 19.8 Å². The molecule has 26 heavy (non-hydrogen) atoms. The average Bonchev–Trinajstić information content (AvgIpc) is 3.23. The topological polar surface area (TPSA) is 24.1 Å². The molecule has 0 spiro atoms. The SMILES string of the molecule is CC1C(=C2NCCN2)CCCC1[P+](C)(C1CCCCC1)C1CCCCC1. The Balaban J connectivity index is 1.64. The number of hydrogen-bond acceptors (Lipinski definition) is 2. The summed E-state index contributed by atoms with van der Waals surface area (Å²) < 4.78 is 0. The summed E-state index contributed by atoms with van der Waals surface area (Å²) >= 11 is 0. The van der Waals surface area contributed by atoms with Crippen LogP contribution in [0.1, 0.15) is 90.4 Å². The summed E-state index contributed by atoms with van der Waals surface area (Å²) in [5.74, 6) is 2.24. The van der Waals surface area contributed by atoms with Crippen molar-refractivity contribution in [3.8, 4) is 0 Å². The van der Waals surface area contributed by atoms with Crippen LogP contribution >= 0.6 is 7.26 Å². The lowest BCUT2D eigenvalue weighted by molar-refractivity contribution is 0.438. The van der Waals surface area contributed by atoms with Crippen molar-refractivity contribution in [1.29, 1.82) is 0 Å². The molecule has 4 aliphatic rings. The lowest BCUT2D eigenvalue weighted by Crippen LogP contribution is -2.40. The van der Waals surface area contributed by atoms with Crippen LogP contribution in [0, 0.1) is 5.92 Å². The highest BCUT2D eigenvalue weighted by atomic mass is 31.2.